The number of pyridine rings is 1. The van der Waals surface area contributed by atoms with E-state index < -0.39 is 0 Å². The molecule has 1 aromatic carbocycles. The molecular formula is C17H19ClN2OS. The lowest BCUT2D eigenvalue weighted by molar-refractivity contribution is 0.415. The normalized spacial score (nSPS) is 10.3. The Kier molecular flexibility index (Phi) is 5.63. The van der Waals surface area contributed by atoms with E-state index in [4.69, 9.17) is 4.74 Å². The third-order valence-electron chi connectivity index (χ3n) is 3.47. The minimum Gasteiger partial charge on any atom is -0.497 e. The molecule has 0 saturated heterocycles. The van der Waals surface area contributed by atoms with E-state index in [1.54, 1.807) is 18.4 Å². The van der Waals surface area contributed by atoms with E-state index in [0.29, 0.717) is 0 Å². The number of aromatic nitrogens is 1. The molecule has 0 aliphatic rings. The van der Waals surface area contributed by atoms with Crippen molar-refractivity contribution < 1.29 is 4.74 Å². The van der Waals surface area contributed by atoms with Crippen LogP contribution >= 0.6 is 23.7 Å². The van der Waals surface area contributed by atoms with Gasteiger partial charge in [-0.2, -0.15) is 0 Å². The monoisotopic (exact) mass is 334 g/mol. The molecule has 0 fully saturated rings. The van der Waals surface area contributed by atoms with Gasteiger partial charge in [-0.25, -0.2) is 0 Å². The molecule has 22 heavy (non-hydrogen) atoms. The molecule has 0 N–H and O–H groups in total. The summed E-state index contributed by atoms with van der Waals surface area (Å²) in [4.78, 5) is 6.47. The third kappa shape index (κ3) is 3.18. The van der Waals surface area contributed by atoms with Gasteiger partial charge in [-0.05, 0) is 36.8 Å². The van der Waals surface area contributed by atoms with Crippen LogP contribution in [0.4, 0.5) is 11.4 Å². The molecule has 0 radical (unpaired) electrons. The van der Waals surface area contributed by atoms with Gasteiger partial charge in [0.15, 0.2) is 0 Å². The fraction of sp³-hybridized carbons (Fsp3) is 0.235. The van der Waals surface area contributed by atoms with Crippen molar-refractivity contribution in [2.45, 2.75) is 13.3 Å². The van der Waals surface area contributed by atoms with Gasteiger partial charge in [0, 0.05) is 40.1 Å². The SMILES string of the molecule is CCCN(c1ccncc1)c1csc2cc(OC)ccc12.Cl. The molecule has 116 valence electrons. The minimum absolute atomic E-state index is 0. The summed E-state index contributed by atoms with van der Waals surface area (Å²) in [5.41, 5.74) is 2.44. The molecule has 3 rings (SSSR count). The molecule has 0 saturated carbocycles. The highest BCUT2D eigenvalue weighted by molar-refractivity contribution is 7.17. The molecule has 5 heteroatoms. The largest absolute Gasteiger partial charge is 0.497 e. The fourth-order valence-electron chi connectivity index (χ4n) is 2.47. The number of benzene rings is 1. The van der Waals surface area contributed by atoms with Crippen LogP contribution in [0.3, 0.4) is 0 Å². The molecule has 3 nitrogen and oxygen atoms in total. The highest BCUT2D eigenvalue weighted by atomic mass is 35.5. The first-order valence-electron chi connectivity index (χ1n) is 7.06. The molecule has 0 aliphatic heterocycles. The molecule has 2 aromatic heterocycles. The Morgan fingerprint density at radius 3 is 2.64 bits per heavy atom. The van der Waals surface area contributed by atoms with Crippen molar-refractivity contribution in [3.63, 3.8) is 0 Å². The summed E-state index contributed by atoms with van der Waals surface area (Å²) >= 11 is 1.76. The smallest absolute Gasteiger partial charge is 0.120 e. The van der Waals surface area contributed by atoms with E-state index >= 15 is 0 Å². The van der Waals surface area contributed by atoms with Gasteiger partial charge in [0.05, 0.1) is 12.8 Å². The summed E-state index contributed by atoms with van der Waals surface area (Å²) in [6.45, 7) is 3.19. The van der Waals surface area contributed by atoms with Crippen LogP contribution in [0.25, 0.3) is 10.1 Å². The zero-order chi connectivity index (χ0) is 14.7. The van der Waals surface area contributed by atoms with Crippen molar-refractivity contribution in [1.29, 1.82) is 0 Å². The summed E-state index contributed by atoms with van der Waals surface area (Å²) in [7, 11) is 1.70. The predicted molar refractivity (Wildman–Crippen MR) is 97.2 cm³/mol. The van der Waals surface area contributed by atoms with Crippen LogP contribution in [-0.2, 0) is 0 Å². The number of fused-ring (bicyclic) bond motifs is 1. The van der Waals surface area contributed by atoms with E-state index in [1.807, 2.05) is 18.5 Å². The Morgan fingerprint density at radius 1 is 1.18 bits per heavy atom. The summed E-state index contributed by atoms with van der Waals surface area (Å²) in [6, 6.07) is 10.4. The second-order valence-corrected chi connectivity index (χ2v) is 5.75. The molecule has 0 amide bonds. The van der Waals surface area contributed by atoms with Gasteiger partial charge < -0.3 is 9.64 Å². The number of halogens is 1. The Morgan fingerprint density at radius 2 is 1.95 bits per heavy atom. The first kappa shape index (κ1) is 16.6. The molecule has 0 unspecified atom stereocenters. The van der Waals surface area contributed by atoms with Crippen LogP contribution in [0, 0.1) is 0 Å². The minimum atomic E-state index is 0. The second kappa shape index (κ2) is 7.47. The van der Waals surface area contributed by atoms with Crippen molar-refractivity contribution in [2.24, 2.45) is 0 Å². The first-order chi connectivity index (χ1) is 10.3. The van der Waals surface area contributed by atoms with Gasteiger partial charge in [0.1, 0.15) is 5.75 Å². The number of nitrogens with zero attached hydrogens (tertiary/aromatic N) is 2. The predicted octanol–water partition coefficient (Wildman–Crippen LogP) is 5.27. The second-order valence-electron chi connectivity index (χ2n) is 4.84. The van der Waals surface area contributed by atoms with Gasteiger partial charge in [-0.15, -0.1) is 23.7 Å². The van der Waals surface area contributed by atoms with E-state index in [9.17, 15) is 0 Å². The number of anilines is 2. The van der Waals surface area contributed by atoms with Crippen LogP contribution < -0.4 is 9.64 Å². The summed E-state index contributed by atoms with van der Waals surface area (Å²) in [6.07, 6.45) is 4.78. The number of methoxy groups -OCH3 is 1. The van der Waals surface area contributed by atoms with E-state index in [-0.39, 0.29) is 12.4 Å². The van der Waals surface area contributed by atoms with Crippen molar-refractivity contribution in [3.8, 4) is 5.75 Å². The molecule has 0 bridgehead atoms. The van der Waals surface area contributed by atoms with Gasteiger partial charge in [-0.1, -0.05) is 6.92 Å². The topological polar surface area (TPSA) is 25.4 Å². The molecule has 2 heterocycles. The molecule has 0 atom stereocenters. The van der Waals surface area contributed by atoms with Gasteiger partial charge in [0.2, 0.25) is 0 Å². The Hall–Kier alpha value is -1.78. The van der Waals surface area contributed by atoms with Gasteiger partial charge >= 0.3 is 0 Å². The van der Waals surface area contributed by atoms with Crippen LogP contribution in [0.2, 0.25) is 0 Å². The lowest BCUT2D eigenvalue weighted by atomic mass is 10.2. The van der Waals surface area contributed by atoms with E-state index in [2.05, 4.69) is 46.5 Å². The van der Waals surface area contributed by atoms with Crippen molar-refractivity contribution >= 4 is 45.2 Å². The Balaban J connectivity index is 0.00000176. The summed E-state index contributed by atoms with van der Waals surface area (Å²) in [5.74, 6) is 0.904. The fourth-order valence-corrected chi connectivity index (χ4v) is 3.44. The highest BCUT2D eigenvalue weighted by Gasteiger charge is 2.13. The zero-order valence-corrected chi connectivity index (χ0v) is 14.3. The molecule has 0 spiro atoms. The molecule has 3 aromatic rings. The van der Waals surface area contributed by atoms with Crippen LogP contribution in [0.1, 0.15) is 13.3 Å². The van der Waals surface area contributed by atoms with Gasteiger partial charge in [0.25, 0.3) is 0 Å². The Bertz CT molecular complexity index is 730. The average molecular weight is 335 g/mol. The number of thiophene rings is 1. The first-order valence-corrected chi connectivity index (χ1v) is 7.94. The van der Waals surface area contributed by atoms with Crippen LogP contribution in [0.5, 0.6) is 5.75 Å². The number of ether oxygens (including phenoxy) is 1. The Labute approximate surface area is 141 Å². The number of hydrogen-bond donors (Lipinski definition) is 0. The van der Waals surface area contributed by atoms with Gasteiger partial charge in [-0.3, -0.25) is 4.98 Å². The van der Waals surface area contributed by atoms with Crippen molar-refractivity contribution in [2.75, 3.05) is 18.6 Å². The molecule has 0 aliphatic carbocycles. The maximum Gasteiger partial charge on any atom is 0.120 e. The number of rotatable bonds is 5. The summed E-state index contributed by atoms with van der Waals surface area (Å²) < 4.78 is 6.56. The molecular weight excluding hydrogens is 316 g/mol. The maximum absolute atomic E-state index is 5.31. The third-order valence-corrected chi connectivity index (χ3v) is 4.41. The van der Waals surface area contributed by atoms with Crippen LogP contribution in [-0.4, -0.2) is 18.6 Å². The van der Waals surface area contributed by atoms with E-state index in [1.165, 1.54) is 21.5 Å². The lowest BCUT2D eigenvalue weighted by Crippen LogP contribution is -2.17. The summed E-state index contributed by atoms with van der Waals surface area (Å²) in [5, 5.41) is 3.49. The standard InChI is InChI=1S/C17H18N2OS.ClH/c1-3-10-19(13-6-8-18-9-7-13)16-12-21-17-11-14(20-2)4-5-15(16)17;/h4-9,11-12H,3,10H2,1-2H3;1H. The number of hydrogen-bond acceptors (Lipinski definition) is 4. The quantitative estimate of drug-likeness (QED) is 0.635. The zero-order valence-electron chi connectivity index (χ0n) is 12.7. The van der Waals surface area contributed by atoms with Crippen molar-refractivity contribution in [3.05, 3.63) is 48.1 Å². The van der Waals surface area contributed by atoms with E-state index in [0.717, 1.165) is 18.7 Å². The maximum atomic E-state index is 5.31. The van der Waals surface area contributed by atoms with Crippen molar-refractivity contribution in [1.82, 2.24) is 4.98 Å². The highest BCUT2D eigenvalue weighted by Crippen LogP contribution is 2.38. The average Bonchev–Trinajstić information content (AvgIpc) is 2.96. The lowest BCUT2D eigenvalue weighted by Gasteiger charge is -2.23. The van der Waals surface area contributed by atoms with Crippen LogP contribution in [0.15, 0.2) is 48.1 Å².